The van der Waals surface area contributed by atoms with Gasteiger partial charge in [-0.3, -0.25) is 0 Å². The number of aromatic hydroxyl groups is 4. The predicted molar refractivity (Wildman–Crippen MR) is 305 cm³/mol. The molecule has 0 saturated heterocycles. The van der Waals surface area contributed by atoms with Crippen LogP contribution in [0.1, 0.15) is 275 Å². The fourth-order valence-electron chi connectivity index (χ4n) is 19.5. The lowest BCUT2D eigenvalue weighted by Crippen LogP contribution is -2.37. The molecule has 8 aliphatic rings. The van der Waals surface area contributed by atoms with Gasteiger partial charge in [0.2, 0.25) is 0 Å². The molecule has 0 spiro atoms. The molecular weight excluding hydrogens is 917 g/mol. The minimum absolute atomic E-state index is 0.144. The maximum atomic E-state index is 11.6. The van der Waals surface area contributed by atoms with Crippen LogP contribution in [0.5, 0.6) is 23.0 Å². The number of aryl methyl sites for hydroxylation is 3. The highest BCUT2D eigenvalue weighted by molar-refractivity contribution is 5.59. The quantitative estimate of drug-likeness (QED) is 0.112. The topological polar surface area (TPSA) is 80.9 Å². The second-order valence-corrected chi connectivity index (χ2v) is 26.9. The molecule has 13 rings (SSSR count). The van der Waals surface area contributed by atoms with Crippen molar-refractivity contribution in [2.45, 2.75) is 234 Å². The summed E-state index contributed by atoms with van der Waals surface area (Å²) in [6.07, 6.45) is 31.5. The Labute approximate surface area is 450 Å². The van der Waals surface area contributed by atoms with Gasteiger partial charge in [0.05, 0.1) is 0 Å². The van der Waals surface area contributed by atoms with Crippen molar-refractivity contribution >= 4 is 0 Å². The number of benzene rings is 5. The van der Waals surface area contributed by atoms with Gasteiger partial charge in [0.15, 0.2) is 0 Å². The van der Waals surface area contributed by atoms with Gasteiger partial charge in [-0.15, -0.1) is 0 Å². The third-order valence-electron chi connectivity index (χ3n) is 23.0. The van der Waals surface area contributed by atoms with E-state index < -0.39 is 0 Å². The molecule has 4 nitrogen and oxygen atoms in total. The van der Waals surface area contributed by atoms with E-state index in [2.05, 4.69) is 93.6 Å². The lowest BCUT2D eigenvalue weighted by molar-refractivity contribution is 0.288. The van der Waals surface area contributed by atoms with Crippen molar-refractivity contribution in [1.29, 1.82) is 0 Å². The van der Waals surface area contributed by atoms with Crippen LogP contribution in [0.15, 0.2) is 78.9 Å². The van der Waals surface area contributed by atoms with Crippen molar-refractivity contribution in [1.82, 2.24) is 0 Å². The molecule has 0 aromatic heterocycles. The van der Waals surface area contributed by atoms with Crippen LogP contribution in [-0.2, 0) is 10.8 Å². The summed E-state index contributed by atoms with van der Waals surface area (Å²) in [6, 6.07) is 30.8. The molecule has 8 fully saturated rings. The van der Waals surface area contributed by atoms with Crippen LogP contribution in [-0.4, -0.2) is 20.4 Å². The van der Waals surface area contributed by atoms with Gasteiger partial charge < -0.3 is 20.4 Å². The Bertz CT molecular complexity index is 2830. The van der Waals surface area contributed by atoms with Crippen LogP contribution in [0.4, 0.5) is 0 Å². The molecule has 4 heteroatoms. The van der Waals surface area contributed by atoms with Crippen LogP contribution >= 0.6 is 0 Å². The Balaban J connectivity index is 0.813. The Morgan fingerprint density at radius 2 is 0.680 bits per heavy atom. The molecule has 5 aromatic carbocycles. The van der Waals surface area contributed by atoms with Crippen molar-refractivity contribution in [2.24, 2.45) is 23.7 Å². The largest absolute Gasteiger partial charge is 0.508 e. The smallest absolute Gasteiger partial charge is 0.119 e. The number of hydrogen-bond donors (Lipinski definition) is 4. The van der Waals surface area contributed by atoms with Gasteiger partial charge in [-0.1, -0.05) is 132 Å². The Morgan fingerprint density at radius 3 is 1.03 bits per heavy atom. The molecule has 7 atom stereocenters. The zero-order valence-electron chi connectivity index (χ0n) is 46.0. The first kappa shape index (κ1) is 49.8. The molecule has 4 bridgehead atoms. The molecule has 396 valence electrons. The number of phenols is 4. The predicted octanol–water partition coefficient (Wildman–Crippen LogP) is 18.6. The summed E-state index contributed by atoms with van der Waals surface area (Å²) in [6.45, 7) is 6.79. The minimum Gasteiger partial charge on any atom is -0.508 e. The van der Waals surface area contributed by atoms with Crippen LogP contribution in [0.25, 0.3) is 0 Å². The van der Waals surface area contributed by atoms with E-state index in [1.165, 1.54) is 226 Å². The third kappa shape index (κ3) is 8.49. The zero-order chi connectivity index (χ0) is 51.2. The summed E-state index contributed by atoms with van der Waals surface area (Å²) >= 11 is 0. The maximum absolute atomic E-state index is 11.6. The molecule has 5 aromatic rings. The SMILES string of the molecule is Cc1cc(O)c(C2CCCCC2)cc1C1(c2ccc(O)c(C3CCCCC3)c2)CC2CC1CC2c1ccc(C2CC3CC2CC3(c2cc(C3CCCCC3)c(O)cc2C)c2cc(C3CCCCC3)c(O)cc2C)cc1. The van der Waals surface area contributed by atoms with Gasteiger partial charge >= 0.3 is 0 Å². The Morgan fingerprint density at radius 1 is 0.347 bits per heavy atom. The highest BCUT2D eigenvalue weighted by Gasteiger charge is 2.59. The van der Waals surface area contributed by atoms with Crippen molar-refractivity contribution in [3.05, 3.63) is 151 Å². The van der Waals surface area contributed by atoms with Gasteiger partial charge in [-0.05, 0) is 266 Å². The molecule has 8 saturated carbocycles. The second kappa shape index (κ2) is 19.9. The molecule has 0 amide bonds. The number of phenolic OH excluding ortho intramolecular Hbond substituents is 4. The van der Waals surface area contributed by atoms with E-state index in [1.54, 1.807) is 0 Å². The number of rotatable bonds is 10. The first-order valence-electron chi connectivity index (χ1n) is 30.9. The third-order valence-corrected chi connectivity index (χ3v) is 23.0. The Kier molecular flexibility index (Phi) is 13.3. The van der Waals surface area contributed by atoms with Crippen molar-refractivity contribution in [3.63, 3.8) is 0 Å². The molecule has 4 N–H and O–H groups in total. The highest BCUT2D eigenvalue weighted by atomic mass is 16.3. The Hall–Kier alpha value is -4.70. The molecular formula is C71H88O4. The fourth-order valence-corrected chi connectivity index (χ4v) is 19.5. The van der Waals surface area contributed by atoms with E-state index in [-0.39, 0.29) is 10.8 Å². The van der Waals surface area contributed by atoms with Gasteiger partial charge in [0.1, 0.15) is 23.0 Å². The molecule has 75 heavy (non-hydrogen) atoms. The van der Waals surface area contributed by atoms with Crippen molar-refractivity contribution in [3.8, 4) is 23.0 Å². The number of fused-ring (bicyclic) bond motifs is 4. The van der Waals surface area contributed by atoms with Gasteiger partial charge in [-0.25, -0.2) is 0 Å². The van der Waals surface area contributed by atoms with E-state index in [1.807, 2.05) is 6.07 Å². The average molecular weight is 1010 g/mol. The van der Waals surface area contributed by atoms with E-state index in [0.29, 0.717) is 82.2 Å². The van der Waals surface area contributed by atoms with E-state index >= 15 is 0 Å². The second-order valence-electron chi connectivity index (χ2n) is 26.9. The van der Waals surface area contributed by atoms with Crippen molar-refractivity contribution in [2.75, 3.05) is 0 Å². The zero-order valence-corrected chi connectivity index (χ0v) is 46.0. The van der Waals surface area contributed by atoms with E-state index in [9.17, 15) is 20.4 Å². The van der Waals surface area contributed by atoms with Crippen LogP contribution in [0, 0.1) is 44.4 Å². The first-order valence-corrected chi connectivity index (χ1v) is 30.9. The average Bonchev–Trinajstić information content (AvgIpc) is 4.35. The van der Waals surface area contributed by atoms with Gasteiger partial charge in [-0.2, -0.15) is 0 Å². The van der Waals surface area contributed by atoms with Gasteiger partial charge in [0, 0.05) is 10.8 Å². The molecule has 0 heterocycles. The monoisotopic (exact) mass is 1000 g/mol. The number of hydrogen-bond acceptors (Lipinski definition) is 4. The fraction of sp³-hybridized carbons (Fsp3) is 0.577. The van der Waals surface area contributed by atoms with Crippen LogP contribution < -0.4 is 0 Å². The summed E-state index contributed by atoms with van der Waals surface area (Å²) in [4.78, 5) is 0. The van der Waals surface area contributed by atoms with E-state index in [4.69, 9.17) is 0 Å². The van der Waals surface area contributed by atoms with Crippen molar-refractivity contribution < 1.29 is 20.4 Å². The lowest BCUT2D eigenvalue weighted by Gasteiger charge is -2.44. The molecule has 8 aliphatic carbocycles. The summed E-state index contributed by atoms with van der Waals surface area (Å²) in [7, 11) is 0. The summed E-state index contributed by atoms with van der Waals surface area (Å²) < 4.78 is 0. The summed E-state index contributed by atoms with van der Waals surface area (Å²) in [5, 5.41) is 46.4. The molecule has 0 aliphatic heterocycles. The standard InChI is InChI=1S/C71H88O4/c1-43-30-67(73)60(47-18-10-5-11-19-47)38-63(43)70(54-28-29-66(72)59(35-54)46-16-8-4-9-17-46)41-52-33-55(70)36-57(52)50-24-26-51(27-25-50)58-37-56-34-53(58)42-71(56,64-39-61(68(74)31-44(64)2)48-20-12-6-13-21-48)65-40-62(69(75)32-45(65)3)49-22-14-7-15-23-49/h24-32,35,38-40,46-49,52-53,55-58,72-75H,4-23,33-34,36-37,41-42H2,1-3H3. The van der Waals surface area contributed by atoms with Crippen LogP contribution in [0.3, 0.4) is 0 Å². The highest BCUT2D eigenvalue weighted by Crippen LogP contribution is 2.68. The van der Waals surface area contributed by atoms with E-state index in [0.717, 1.165) is 12.8 Å². The summed E-state index contributed by atoms with van der Waals surface area (Å²) in [5.74, 6) is 6.83. The van der Waals surface area contributed by atoms with Crippen LogP contribution in [0.2, 0.25) is 0 Å². The van der Waals surface area contributed by atoms with Gasteiger partial charge in [0.25, 0.3) is 0 Å². The summed E-state index contributed by atoms with van der Waals surface area (Å²) in [5.41, 5.74) is 16.9. The molecule has 7 unspecified atom stereocenters. The normalized spacial score (nSPS) is 29.4. The minimum atomic E-state index is -0.152. The first-order chi connectivity index (χ1) is 36.5. The lowest BCUT2D eigenvalue weighted by atomic mass is 9.59. The molecule has 0 radical (unpaired) electrons. The maximum Gasteiger partial charge on any atom is 0.119 e.